The lowest BCUT2D eigenvalue weighted by Crippen LogP contribution is -2.39. The average Bonchev–Trinajstić information content (AvgIpc) is 2.20. The summed E-state index contributed by atoms with van der Waals surface area (Å²) in [6.45, 7) is 4.53. The van der Waals surface area contributed by atoms with Gasteiger partial charge >= 0.3 is 18.0 Å². The molecule has 0 atom stereocenters. The standard InChI is InChI=1S/C9H14N2O5/c1-6(2)8(14)16-4-3-10-9(15)11-5-7(12)13/h1,3-5H2,2H3,(H,12,13)(H2,10,11,15). The molecule has 0 aromatic carbocycles. The number of urea groups is 1. The Morgan fingerprint density at radius 1 is 1.31 bits per heavy atom. The van der Waals surface area contributed by atoms with Crippen LogP contribution < -0.4 is 10.6 Å². The number of carbonyl (C=O) groups is 3. The van der Waals surface area contributed by atoms with Gasteiger partial charge in [-0.05, 0) is 6.92 Å². The van der Waals surface area contributed by atoms with Crippen LogP contribution in [0, 0.1) is 0 Å². The molecule has 0 heterocycles. The minimum atomic E-state index is -1.14. The van der Waals surface area contributed by atoms with Crippen LogP contribution in [0.2, 0.25) is 0 Å². The summed E-state index contributed by atoms with van der Waals surface area (Å²) in [6, 6.07) is -0.631. The molecule has 2 amide bonds. The molecule has 0 aliphatic rings. The highest BCUT2D eigenvalue weighted by molar-refractivity contribution is 5.87. The number of hydrogen-bond acceptors (Lipinski definition) is 4. The van der Waals surface area contributed by atoms with Crippen LogP contribution in [0.5, 0.6) is 0 Å². The van der Waals surface area contributed by atoms with Crippen LogP contribution >= 0.6 is 0 Å². The molecule has 0 aliphatic carbocycles. The number of hydrogen-bond donors (Lipinski definition) is 3. The molecule has 0 radical (unpaired) electrons. The van der Waals surface area contributed by atoms with E-state index in [1.54, 1.807) is 0 Å². The largest absolute Gasteiger partial charge is 0.480 e. The zero-order valence-corrected chi connectivity index (χ0v) is 8.91. The molecule has 0 fully saturated rings. The molecule has 0 aliphatic heterocycles. The molecule has 0 bridgehead atoms. The summed E-state index contributed by atoms with van der Waals surface area (Å²) < 4.78 is 4.68. The molecule has 0 spiro atoms. The molecule has 0 saturated carbocycles. The minimum Gasteiger partial charge on any atom is -0.480 e. The molecular formula is C9H14N2O5. The van der Waals surface area contributed by atoms with E-state index in [9.17, 15) is 14.4 Å². The van der Waals surface area contributed by atoms with Crippen molar-refractivity contribution in [3.8, 4) is 0 Å². The summed E-state index contributed by atoms with van der Waals surface area (Å²) in [7, 11) is 0. The van der Waals surface area contributed by atoms with Crippen molar-refractivity contribution in [2.75, 3.05) is 19.7 Å². The molecular weight excluding hydrogens is 216 g/mol. The number of amides is 2. The molecule has 16 heavy (non-hydrogen) atoms. The van der Waals surface area contributed by atoms with Crippen molar-refractivity contribution in [3.63, 3.8) is 0 Å². The Kier molecular flexibility index (Phi) is 6.34. The molecule has 90 valence electrons. The molecule has 0 saturated heterocycles. The van der Waals surface area contributed by atoms with Crippen molar-refractivity contribution >= 4 is 18.0 Å². The van der Waals surface area contributed by atoms with Gasteiger partial charge in [-0.1, -0.05) is 6.58 Å². The van der Waals surface area contributed by atoms with E-state index in [1.165, 1.54) is 6.92 Å². The van der Waals surface area contributed by atoms with Gasteiger partial charge < -0.3 is 20.5 Å². The van der Waals surface area contributed by atoms with E-state index < -0.39 is 24.5 Å². The van der Waals surface area contributed by atoms with Crippen molar-refractivity contribution in [2.24, 2.45) is 0 Å². The highest BCUT2D eigenvalue weighted by Gasteiger charge is 2.04. The van der Waals surface area contributed by atoms with Crippen molar-refractivity contribution < 1.29 is 24.2 Å². The van der Waals surface area contributed by atoms with Crippen molar-refractivity contribution in [2.45, 2.75) is 6.92 Å². The van der Waals surface area contributed by atoms with Gasteiger partial charge in [-0.15, -0.1) is 0 Å². The second-order valence-electron chi connectivity index (χ2n) is 2.92. The fourth-order valence-electron chi connectivity index (χ4n) is 0.650. The van der Waals surface area contributed by atoms with Crippen LogP contribution in [0.3, 0.4) is 0 Å². The monoisotopic (exact) mass is 230 g/mol. The van der Waals surface area contributed by atoms with Gasteiger partial charge in [-0.2, -0.15) is 0 Å². The van der Waals surface area contributed by atoms with Gasteiger partial charge in [0.2, 0.25) is 0 Å². The minimum absolute atomic E-state index is 0.00614. The summed E-state index contributed by atoms with van der Waals surface area (Å²) in [5, 5.41) is 12.6. The van der Waals surface area contributed by atoms with Crippen molar-refractivity contribution in [3.05, 3.63) is 12.2 Å². The smallest absolute Gasteiger partial charge is 0.333 e. The van der Waals surface area contributed by atoms with Crippen molar-refractivity contribution in [1.29, 1.82) is 0 Å². The van der Waals surface area contributed by atoms with E-state index in [2.05, 4.69) is 21.9 Å². The maximum atomic E-state index is 10.9. The van der Waals surface area contributed by atoms with Crippen LogP contribution in [-0.2, 0) is 14.3 Å². The summed E-state index contributed by atoms with van der Waals surface area (Å²) in [5.41, 5.74) is 0.273. The fraction of sp³-hybridized carbons (Fsp3) is 0.444. The number of carbonyl (C=O) groups excluding carboxylic acids is 2. The number of aliphatic carboxylic acids is 1. The first kappa shape index (κ1) is 13.9. The number of ether oxygens (including phenoxy) is 1. The van der Waals surface area contributed by atoms with Gasteiger partial charge in [0.25, 0.3) is 0 Å². The van der Waals surface area contributed by atoms with Gasteiger partial charge in [0.05, 0.1) is 6.54 Å². The zero-order chi connectivity index (χ0) is 12.6. The first-order valence-corrected chi connectivity index (χ1v) is 4.49. The van der Waals surface area contributed by atoms with E-state index in [-0.39, 0.29) is 18.7 Å². The Labute approximate surface area is 92.5 Å². The molecule has 7 nitrogen and oxygen atoms in total. The second kappa shape index (κ2) is 7.27. The summed E-state index contributed by atoms with van der Waals surface area (Å²) in [5.74, 6) is -1.67. The lowest BCUT2D eigenvalue weighted by atomic mass is 10.4. The SMILES string of the molecule is C=C(C)C(=O)OCCNC(=O)NCC(=O)O. The fourth-order valence-corrected chi connectivity index (χ4v) is 0.650. The molecule has 0 aromatic rings. The maximum absolute atomic E-state index is 10.9. The van der Waals surface area contributed by atoms with E-state index in [4.69, 9.17) is 5.11 Å². The van der Waals surface area contributed by atoms with Crippen LogP contribution in [0.15, 0.2) is 12.2 Å². The predicted octanol–water partition coefficient (Wildman–Crippen LogP) is -0.510. The van der Waals surface area contributed by atoms with E-state index >= 15 is 0 Å². The third kappa shape index (κ3) is 7.36. The zero-order valence-electron chi connectivity index (χ0n) is 8.91. The quantitative estimate of drug-likeness (QED) is 0.324. The highest BCUT2D eigenvalue weighted by atomic mass is 16.5. The molecule has 7 heteroatoms. The third-order valence-electron chi connectivity index (χ3n) is 1.37. The maximum Gasteiger partial charge on any atom is 0.333 e. The second-order valence-corrected chi connectivity index (χ2v) is 2.92. The Bertz CT molecular complexity index is 300. The topological polar surface area (TPSA) is 105 Å². The Morgan fingerprint density at radius 3 is 2.44 bits per heavy atom. The molecule has 0 rings (SSSR count). The molecule has 0 unspecified atom stereocenters. The summed E-state index contributed by atoms with van der Waals surface area (Å²) in [4.78, 5) is 31.8. The normalized spacial score (nSPS) is 9.06. The number of esters is 1. The number of carboxylic acids is 1. The summed E-state index contributed by atoms with van der Waals surface area (Å²) >= 11 is 0. The van der Waals surface area contributed by atoms with E-state index in [0.29, 0.717) is 0 Å². The predicted molar refractivity (Wildman–Crippen MR) is 54.8 cm³/mol. The van der Waals surface area contributed by atoms with E-state index in [1.807, 2.05) is 0 Å². The first-order chi connectivity index (χ1) is 7.43. The third-order valence-corrected chi connectivity index (χ3v) is 1.37. The average molecular weight is 230 g/mol. The molecule has 0 aromatic heterocycles. The number of carboxylic acid groups (broad SMARTS) is 1. The Balaban J connectivity index is 3.52. The first-order valence-electron chi connectivity index (χ1n) is 4.49. The van der Waals surface area contributed by atoms with Crippen molar-refractivity contribution in [1.82, 2.24) is 10.6 Å². The lowest BCUT2D eigenvalue weighted by molar-refractivity contribution is -0.138. The van der Waals surface area contributed by atoms with Crippen LogP contribution in [0.1, 0.15) is 6.92 Å². The van der Waals surface area contributed by atoms with Gasteiger partial charge in [0, 0.05) is 5.57 Å². The molecule has 3 N–H and O–H groups in total. The van der Waals surface area contributed by atoms with Gasteiger partial charge in [0.15, 0.2) is 0 Å². The van der Waals surface area contributed by atoms with Crippen LogP contribution in [-0.4, -0.2) is 42.8 Å². The lowest BCUT2D eigenvalue weighted by Gasteiger charge is -2.06. The van der Waals surface area contributed by atoms with Crippen LogP contribution in [0.25, 0.3) is 0 Å². The van der Waals surface area contributed by atoms with Crippen LogP contribution in [0.4, 0.5) is 4.79 Å². The van der Waals surface area contributed by atoms with Gasteiger partial charge in [-0.25, -0.2) is 9.59 Å². The van der Waals surface area contributed by atoms with Gasteiger partial charge in [-0.3, -0.25) is 4.79 Å². The Hall–Kier alpha value is -2.05. The van der Waals surface area contributed by atoms with E-state index in [0.717, 1.165) is 0 Å². The number of nitrogens with one attached hydrogen (secondary N) is 2. The summed E-state index contributed by atoms with van der Waals surface area (Å²) in [6.07, 6.45) is 0. The number of rotatable bonds is 6. The highest BCUT2D eigenvalue weighted by Crippen LogP contribution is 1.90. The van der Waals surface area contributed by atoms with Gasteiger partial charge in [0.1, 0.15) is 13.2 Å². The Morgan fingerprint density at radius 2 is 1.94 bits per heavy atom.